The highest BCUT2D eigenvalue weighted by Crippen LogP contribution is 2.33. The van der Waals surface area contributed by atoms with Gasteiger partial charge in [-0.15, -0.1) is 0 Å². The topological polar surface area (TPSA) is 70.0 Å². The number of carbonyl (C=O) groups is 2. The van der Waals surface area contributed by atoms with Gasteiger partial charge in [0.05, 0.1) is 5.69 Å². The van der Waals surface area contributed by atoms with Gasteiger partial charge in [-0.1, -0.05) is 42.5 Å². The van der Waals surface area contributed by atoms with Crippen LogP contribution in [-0.4, -0.2) is 11.7 Å². The summed E-state index contributed by atoms with van der Waals surface area (Å²) in [5.74, 6) is -0.676. The maximum atomic E-state index is 12.7. The monoisotopic (exact) mass is 366 g/mol. The largest absolute Gasteiger partial charge is 0.321 e. The average molecular weight is 366 g/mol. The van der Waals surface area contributed by atoms with Gasteiger partial charge < -0.3 is 5.32 Å². The van der Waals surface area contributed by atoms with Crippen LogP contribution < -0.4 is 5.32 Å². The van der Waals surface area contributed by atoms with Crippen molar-refractivity contribution in [1.29, 1.82) is 5.26 Å². The predicted octanol–water partition coefficient (Wildman–Crippen LogP) is 4.69. The van der Waals surface area contributed by atoms with E-state index in [0.29, 0.717) is 11.3 Å². The van der Waals surface area contributed by atoms with Crippen LogP contribution in [-0.2, 0) is 17.6 Å². The van der Waals surface area contributed by atoms with Crippen LogP contribution in [0.15, 0.2) is 60.2 Å². The van der Waals surface area contributed by atoms with Gasteiger partial charge in [0.25, 0.3) is 5.91 Å². The number of hydrogen-bond donors (Lipinski definition) is 1. The summed E-state index contributed by atoms with van der Waals surface area (Å²) in [6.07, 6.45) is 3.66. The fourth-order valence-corrected chi connectivity index (χ4v) is 3.79. The van der Waals surface area contributed by atoms with Crippen LogP contribution in [0.1, 0.15) is 34.0 Å². The van der Waals surface area contributed by atoms with Gasteiger partial charge in [-0.25, -0.2) is 0 Å². The first-order valence-electron chi connectivity index (χ1n) is 9.15. The van der Waals surface area contributed by atoms with Crippen LogP contribution >= 0.6 is 0 Å². The minimum Gasteiger partial charge on any atom is -0.321 e. The molecule has 1 amide bonds. The van der Waals surface area contributed by atoms with Gasteiger partial charge >= 0.3 is 0 Å². The highest BCUT2D eigenvalue weighted by molar-refractivity contribution is 6.13. The fraction of sp³-hybridized carbons (Fsp3) is 0.125. The Morgan fingerprint density at radius 1 is 1.00 bits per heavy atom. The third-order valence-electron chi connectivity index (χ3n) is 5.13. The number of amides is 1. The van der Waals surface area contributed by atoms with Gasteiger partial charge in [-0.3, -0.25) is 9.59 Å². The SMILES string of the molecule is CC(=O)c1ccccc1NC(=O)/C(C#N)=C\c1ccc2c3c(cccc13)CC2. The molecule has 0 heterocycles. The molecule has 0 spiro atoms. The number of para-hydroxylation sites is 1. The van der Waals surface area contributed by atoms with Crippen molar-refractivity contribution in [3.63, 3.8) is 0 Å². The second-order valence-electron chi connectivity index (χ2n) is 6.88. The van der Waals surface area contributed by atoms with Crippen molar-refractivity contribution in [3.8, 4) is 6.07 Å². The summed E-state index contributed by atoms with van der Waals surface area (Å²) in [4.78, 5) is 24.5. The summed E-state index contributed by atoms with van der Waals surface area (Å²) in [6, 6.07) is 19.0. The Kier molecular flexibility index (Phi) is 4.50. The molecule has 0 aromatic heterocycles. The summed E-state index contributed by atoms with van der Waals surface area (Å²) >= 11 is 0. The second-order valence-corrected chi connectivity index (χ2v) is 6.88. The summed E-state index contributed by atoms with van der Waals surface area (Å²) in [6.45, 7) is 1.44. The molecule has 1 aliphatic rings. The van der Waals surface area contributed by atoms with E-state index in [2.05, 4.69) is 17.4 Å². The maximum Gasteiger partial charge on any atom is 0.266 e. The minimum atomic E-state index is -0.528. The zero-order valence-electron chi connectivity index (χ0n) is 15.5. The number of aryl methyl sites for hydroxylation is 2. The Morgan fingerprint density at radius 3 is 2.50 bits per heavy atom. The van der Waals surface area contributed by atoms with Crippen molar-refractivity contribution in [1.82, 2.24) is 0 Å². The molecule has 136 valence electrons. The average Bonchev–Trinajstić information content (AvgIpc) is 3.12. The van der Waals surface area contributed by atoms with E-state index in [0.717, 1.165) is 23.8 Å². The summed E-state index contributed by atoms with van der Waals surface area (Å²) in [5.41, 5.74) is 4.27. The number of nitriles is 1. The number of carbonyl (C=O) groups excluding carboxylic acids is 2. The zero-order chi connectivity index (χ0) is 19.7. The third kappa shape index (κ3) is 3.08. The molecule has 1 N–H and O–H groups in total. The molecule has 0 saturated heterocycles. The van der Waals surface area contributed by atoms with E-state index in [1.54, 1.807) is 30.3 Å². The number of anilines is 1. The van der Waals surface area contributed by atoms with Crippen molar-refractivity contribution in [2.24, 2.45) is 0 Å². The van der Waals surface area contributed by atoms with Crippen molar-refractivity contribution in [2.45, 2.75) is 19.8 Å². The molecule has 0 radical (unpaired) electrons. The van der Waals surface area contributed by atoms with Crippen molar-refractivity contribution in [2.75, 3.05) is 5.32 Å². The standard InChI is InChI=1S/C24H18N2O2/c1-15(27)20-6-2-3-8-22(20)26-24(28)19(14-25)13-18-12-11-17-10-9-16-5-4-7-21(18)23(16)17/h2-8,11-13H,9-10H2,1H3,(H,26,28)/b19-13-. The molecule has 0 atom stereocenters. The second kappa shape index (κ2) is 7.13. The van der Waals surface area contributed by atoms with Gasteiger partial charge in [-0.05, 0) is 65.4 Å². The molecule has 4 heteroatoms. The summed E-state index contributed by atoms with van der Waals surface area (Å²) in [5, 5.41) is 14.5. The van der Waals surface area contributed by atoms with Crippen LogP contribution in [0.3, 0.4) is 0 Å². The van der Waals surface area contributed by atoms with Gasteiger partial charge in [-0.2, -0.15) is 5.26 Å². The van der Waals surface area contributed by atoms with Crippen molar-refractivity contribution >= 4 is 34.2 Å². The first-order chi connectivity index (χ1) is 13.6. The normalized spacial score (nSPS) is 12.6. The van der Waals surface area contributed by atoms with Crippen LogP contribution in [0.5, 0.6) is 0 Å². The van der Waals surface area contributed by atoms with Gasteiger partial charge in [0.15, 0.2) is 5.78 Å². The van der Waals surface area contributed by atoms with Crippen LogP contribution in [0.25, 0.3) is 16.8 Å². The van der Waals surface area contributed by atoms with Crippen LogP contribution in [0, 0.1) is 11.3 Å². The first kappa shape index (κ1) is 17.7. The van der Waals surface area contributed by atoms with Gasteiger partial charge in [0.2, 0.25) is 0 Å². The number of nitrogens with one attached hydrogen (secondary N) is 1. The number of nitrogens with zero attached hydrogens (tertiary/aromatic N) is 1. The van der Waals surface area contributed by atoms with E-state index in [4.69, 9.17) is 0 Å². The maximum absolute atomic E-state index is 12.7. The lowest BCUT2D eigenvalue weighted by Crippen LogP contribution is -2.15. The van der Waals surface area contributed by atoms with E-state index in [9.17, 15) is 14.9 Å². The van der Waals surface area contributed by atoms with E-state index in [1.165, 1.54) is 23.4 Å². The number of benzene rings is 3. The molecule has 3 aromatic rings. The smallest absolute Gasteiger partial charge is 0.266 e. The molecule has 0 bridgehead atoms. The molecule has 0 unspecified atom stereocenters. The quantitative estimate of drug-likeness (QED) is 0.414. The zero-order valence-corrected chi connectivity index (χ0v) is 15.5. The van der Waals surface area contributed by atoms with E-state index >= 15 is 0 Å². The Bertz CT molecular complexity index is 1190. The Hall–Kier alpha value is -3.71. The molecule has 4 rings (SSSR count). The summed E-state index contributed by atoms with van der Waals surface area (Å²) in [7, 11) is 0. The van der Waals surface area contributed by atoms with Crippen molar-refractivity contribution in [3.05, 3.63) is 82.4 Å². The minimum absolute atomic E-state index is 0.00273. The molecule has 0 saturated carbocycles. The van der Waals surface area contributed by atoms with Crippen LogP contribution in [0.4, 0.5) is 5.69 Å². The molecule has 0 aliphatic heterocycles. The lowest BCUT2D eigenvalue weighted by atomic mass is 9.98. The fourth-order valence-electron chi connectivity index (χ4n) is 3.79. The molecule has 3 aromatic carbocycles. The Labute approximate surface area is 163 Å². The molecule has 4 nitrogen and oxygen atoms in total. The lowest BCUT2D eigenvalue weighted by molar-refractivity contribution is -0.112. The molecule has 1 aliphatic carbocycles. The molecular weight excluding hydrogens is 348 g/mol. The van der Waals surface area contributed by atoms with Crippen LogP contribution in [0.2, 0.25) is 0 Å². The van der Waals surface area contributed by atoms with E-state index < -0.39 is 5.91 Å². The molecule has 0 fully saturated rings. The van der Waals surface area contributed by atoms with E-state index in [-0.39, 0.29) is 11.4 Å². The molecule has 28 heavy (non-hydrogen) atoms. The Balaban J connectivity index is 1.72. The van der Waals surface area contributed by atoms with E-state index in [1.807, 2.05) is 24.3 Å². The highest BCUT2D eigenvalue weighted by atomic mass is 16.2. The number of ketones is 1. The summed E-state index contributed by atoms with van der Waals surface area (Å²) < 4.78 is 0. The van der Waals surface area contributed by atoms with Gasteiger partial charge in [0, 0.05) is 5.56 Å². The van der Waals surface area contributed by atoms with Gasteiger partial charge in [0.1, 0.15) is 11.6 Å². The molecular formula is C24H18N2O2. The number of rotatable bonds is 4. The predicted molar refractivity (Wildman–Crippen MR) is 110 cm³/mol. The highest BCUT2D eigenvalue weighted by Gasteiger charge is 2.17. The lowest BCUT2D eigenvalue weighted by Gasteiger charge is -2.09. The Morgan fingerprint density at radius 2 is 1.75 bits per heavy atom. The third-order valence-corrected chi connectivity index (χ3v) is 5.13. The first-order valence-corrected chi connectivity index (χ1v) is 9.15. The van der Waals surface area contributed by atoms with Crippen molar-refractivity contribution < 1.29 is 9.59 Å². The number of hydrogen-bond acceptors (Lipinski definition) is 3. The number of Topliss-reactive ketones (excluding diaryl/α,β-unsaturated/α-hetero) is 1.